The van der Waals surface area contributed by atoms with E-state index in [1.54, 1.807) is 0 Å². The van der Waals surface area contributed by atoms with Crippen LogP contribution in [0.5, 0.6) is 0 Å². The van der Waals surface area contributed by atoms with Gasteiger partial charge in [-0.15, -0.1) is 0 Å². The molecule has 0 rings (SSSR count). The van der Waals surface area contributed by atoms with E-state index in [9.17, 15) is 39.2 Å². The lowest BCUT2D eigenvalue weighted by atomic mass is 10.3. The van der Waals surface area contributed by atoms with Crippen LogP contribution in [0.25, 0.3) is 0 Å². The van der Waals surface area contributed by atoms with Crippen LogP contribution in [0.3, 0.4) is 0 Å². The minimum absolute atomic E-state index is 0. The maximum atomic E-state index is 11.9. The Morgan fingerprint density at radius 1 is 0.867 bits per heavy atom. The largest absolute Gasteiger partial charge is 0.461 e. The second-order valence-electron chi connectivity index (χ2n) is 2.06. The Labute approximate surface area is 77.0 Å². The summed E-state index contributed by atoms with van der Waals surface area (Å²) in [5.74, 6) is -6.85. The van der Waals surface area contributed by atoms with E-state index in [0.717, 1.165) is 0 Å². The molecule has 0 amide bonds. The average molecular weight is 270 g/mol. The molecular weight excluding hydrogens is 268 g/mol. The summed E-state index contributed by atoms with van der Waals surface area (Å²) in [6.07, 6.45) is -6.79. The second-order valence-corrected chi connectivity index (χ2v) is 3.53. The van der Waals surface area contributed by atoms with E-state index in [1.807, 2.05) is 0 Å². The number of halogens is 8. The van der Waals surface area contributed by atoms with Crippen LogP contribution in [-0.2, 0) is 10.1 Å². The van der Waals surface area contributed by atoms with Crippen LogP contribution in [0.15, 0.2) is 0 Å². The number of alkyl halides is 7. The van der Waals surface area contributed by atoms with Gasteiger partial charge in [0, 0.05) is 0 Å². The van der Waals surface area contributed by atoms with E-state index >= 15 is 0 Å². The third-order valence-corrected chi connectivity index (χ3v) is 1.95. The molecule has 0 aromatic rings. The standard InChI is InChI=1S/C3HF7O3S.FH/c4-1(5,2(6,7)8)3(9,10)14(11,12)13;/h(H,11,12,13);1H. The molecule has 0 aromatic heterocycles. The van der Waals surface area contributed by atoms with Crippen molar-refractivity contribution in [2.75, 3.05) is 0 Å². The fourth-order valence-electron chi connectivity index (χ4n) is 0.327. The van der Waals surface area contributed by atoms with Gasteiger partial charge in [0.05, 0.1) is 0 Å². The minimum atomic E-state index is -6.85. The van der Waals surface area contributed by atoms with Crippen LogP contribution in [0, 0.1) is 0 Å². The highest BCUT2D eigenvalue weighted by Crippen LogP contribution is 2.48. The van der Waals surface area contributed by atoms with Crippen molar-refractivity contribution in [1.29, 1.82) is 0 Å². The molecular formula is C3H2F8O3S. The average Bonchev–Trinajstić information content (AvgIpc) is 1.81. The Balaban J connectivity index is 0. The van der Waals surface area contributed by atoms with Crippen LogP contribution >= 0.6 is 0 Å². The molecule has 0 saturated heterocycles. The first kappa shape index (κ1) is 16.8. The van der Waals surface area contributed by atoms with Crippen molar-refractivity contribution in [3.63, 3.8) is 0 Å². The molecule has 0 bridgehead atoms. The fourth-order valence-corrected chi connectivity index (χ4v) is 0.767. The van der Waals surface area contributed by atoms with E-state index in [2.05, 4.69) is 0 Å². The number of rotatable bonds is 2. The molecule has 0 atom stereocenters. The molecule has 0 radical (unpaired) electrons. The summed E-state index contributed by atoms with van der Waals surface area (Å²) in [5.41, 5.74) is 0. The first-order chi connectivity index (χ1) is 5.75. The summed E-state index contributed by atoms with van der Waals surface area (Å²) in [6.45, 7) is 0. The third-order valence-electron chi connectivity index (χ3n) is 1.05. The van der Waals surface area contributed by atoms with E-state index in [-0.39, 0.29) is 4.70 Å². The SMILES string of the molecule is F.O=S(=O)(O)C(F)(F)C(F)(F)C(F)(F)F. The molecule has 0 unspecified atom stereocenters. The Morgan fingerprint density at radius 2 is 1.13 bits per heavy atom. The predicted molar refractivity (Wildman–Crippen MR) is 30.0 cm³/mol. The van der Waals surface area contributed by atoms with Crippen LogP contribution in [0.4, 0.5) is 35.4 Å². The highest BCUT2D eigenvalue weighted by Gasteiger charge is 2.78. The summed E-state index contributed by atoms with van der Waals surface area (Å²) in [4.78, 5) is 0. The molecule has 0 aromatic carbocycles. The topological polar surface area (TPSA) is 54.4 Å². The Morgan fingerprint density at radius 3 is 1.20 bits per heavy atom. The number of hydrogen-bond donors (Lipinski definition) is 1. The smallest absolute Gasteiger partial charge is 0.281 e. The third kappa shape index (κ3) is 2.48. The van der Waals surface area contributed by atoms with Crippen molar-refractivity contribution in [3.05, 3.63) is 0 Å². The summed E-state index contributed by atoms with van der Waals surface area (Å²) >= 11 is 0. The van der Waals surface area contributed by atoms with Crippen LogP contribution in [0.1, 0.15) is 0 Å². The molecule has 0 aliphatic heterocycles. The van der Waals surface area contributed by atoms with E-state index in [0.29, 0.717) is 0 Å². The van der Waals surface area contributed by atoms with E-state index in [4.69, 9.17) is 4.55 Å². The summed E-state index contributed by atoms with van der Waals surface area (Å²) < 4.78 is 108. The van der Waals surface area contributed by atoms with Crippen molar-refractivity contribution in [2.45, 2.75) is 17.4 Å². The van der Waals surface area contributed by atoms with Gasteiger partial charge >= 0.3 is 27.5 Å². The summed E-state index contributed by atoms with van der Waals surface area (Å²) in [5, 5.41) is -6.61. The van der Waals surface area contributed by atoms with Gasteiger partial charge in [0.2, 0.25) is 0 Å². The van der Waals surface area contributed by atoms with Crippen molar-refractivity contribution in [1.82, 2.24) is 0 Å². The molecule has 1 N–H and O–H groups in total. The molecule has 94 valence electrons. The van der Waals surface area contributed by atoms with Gasteiger partial charge in [0.25, 0.3) is 0 Å². The predicted octanol–water partition coefficient (Wildman–Crippen LogP) is 1.82. The number of hydrogen-bond acceptors (Lipinski definition) is 2. The monoisotopic (exact) mass is 270 g/mol. The zero-order valence-electron chi connectivity index (χ0n) is 6.23. The lowest BCUT2D eigenvalue weighted by Crippen LogP contribution is -2.55. The quantitative estimate of drug-likeness (QED) is 0.615. The highest BCUT2D eigenvalue weighted by molar-refractivity contribution is 7.87. The van der Waals surface area contributed by atoms with Crippen molar-refractivity contribution < 1.29 is 48.4 Å². The van der Waals surface area contributed by atoms with E-state index < -0.39 is 27.5 Å². The van der Waals surface area contributed by atoms with Gasteiger partial charge in [0.1, 0.15) is 0 Å². The molecule has 0 fully saturated rings. The molecule has 15 heavy (non-hydrogen) atoms. The summed E-state index contributed by atoms with van der Waals surface area (Å²) in [6, 6.07) is 0. The Kier molecular flexibility index (Phi) is 4.17. The lowest BCUT2D eigenvalue weighted by molar-refractivity contribution is -0.333. The zero-order valence-corrected chi connectivity index (χ0v) is 7.04. The van der Waals surface area contributed by atoms with Gasteiger partial charge < -0.3 is 0 Å². The van der Waals surface area contributed by atoms with Crippen molar-refractivity contribution in [3.8, 4) is 0 Å². The Bertz CT molecular complexity index is 315. The van der Waals surface area contributed by atoms with Gasteiger partial charge in [-0.25, -0.2) is 0 Å². The maximum absolute atomic E-state index is 11.9. The second kappa shape index (κ2) is 3.73. The zero-order chi connectivity index (χ0) is 12.0. The minimum Gasteiger partial charge on any atom is -0.281 e. The van der Waals surface area contributed by atoms with Crippen LogP contribution < -0.4 is 0 Å². The molecule has 0 aliphatic rings. The molecule has 0 heterocycles. The normalized spacial score (nSPS) is 14.7. The molecule has 0 saturated carbocycles. The maximum Gasteiger partial charge on any atom is 0.461 e. The van der Waals surface area contributed by atoms with Gasteiger partial charge in [-0.3, -0.25) is 9.26 Å². The molecule has 0 aliphatic carbocycles. The first-order valence-corrected chi connectivity index (χ1v) is 3.98. The van der Waals surface area contributed by atoms with Crippen molar-refractivity contribution in [2.24, 2.45) is 0 Å². The summed E-state index contributed by atoms with van der Waals surface area (Å²) in [7, 11) is -6.85. The highest BCUT2D eigenvalue weighted by atomic mass is 32.2. The van der Waals surface area contributed by atoms with Gasteiger partial charge in [0.15, 0.2) is 0 Å². The van der Waals surface area contributed by atoms with Crippen molar-refractivity contribution >= 4 is 10.1 Å². The molecule has 3 nitrogen and oxygen atoms in total. The van der Waals surface area contributed by atoms with Crippen LogP contribution in [-0.4, -0.2) is 30.3 Å². The first-order valence-electron chi connectivity index (χ1n) is 2.54. The molecule has 12 heteroatoms. The van der Waals surface area contributed by atoms with Gasteiger partial charge in [-0.1, -0.05) is 0 Å². The van der Waals surface area contributed by atoms with E-state index in [1.165, 1.54) is 0 Å². The lowest BCUT2D eigenvalue weighted by Gasteiger charge is -2.25. The van der Waals surface area contributed by atoms with Gasteiger partial charge in [-0.05, 0) is 0 Å². The fraction of sp³-hybridized carbons (Fsp3) is 1.00. The van der Waals surface area contributed by atoms with Crippen LogP contribution in [0.2, 0.25) is 0 Å². The Hall–Kier alpha value is -0.650. The molecule has 0 spiro atoms. The van der Waals surface area contributed by atoms with Gasteiger partial charge in [-0.2, -0.15) is 39.2 Å².